The van der Waals surface area contributed by atoms with E-state index in [2.05, 4.69) is 0 Å². The molecule has 2 aromatic rings. The molecule has 0 N–H and O–H groups in total. The van der Waals surface area contributed by atoms with Crippen LogP contribution in [0.25, 0.3) is 0 Å². The summed E-state index contributed by atoms with van der Waals surface area (Å²) >= 11 is 5.81. The molecule has 0 aliphatic rings. The molecule has 26 heavy (non-hydrogen) atoms. The average molecular weight is 390 g/mol. The number of ether oxygens (including phenoxy) is 2. The van der Waals surface area contributed by atoms with Crippen molar-refractivity contribution in [3.8, 4) is 11.5 Å². The number of esters is 1. The van der Waals surface area contributed by atoms with Gasteiger partial charge in [-0.25, -0.2) is 0 Å². The van der Waals surface area contributed by atoms with Crippen LogP contribution in [0.3, 0.4) is 0 Å². The van der Waals surface area contributed by atoms with Crippen LogP contribution in [0, 0.1) is 10.1 Å². The lowest BCUT2D eigenvalue weighted by Crippen LogP contribution is -2.04. The molecule has 0 fully saturated rings. The quantitative estimate of drug-likeness (QED) is 0.403. The third-order valence-corrected chi connectivity index (χ3v) is 3.46. The molecule has 0 aromatic heterocycles. The SMILES string of the molecule is CC(=O)OCc1cc(Oc2ccc(C(F)(F)F)cc2Cl)ccc1[N+](=O)[O-]. The van der Waals surface area contributed by atoms with Crippen molar-refractivity contribution in [2.24, 2.45) is 0 Å². The molecule has 0 heterocycles. The Morgan fingerprint density at radius 3 is 2.46 bits per heavy atom. The van der Waals surface area contributed by atoms with Gasteiger partial charge in [-0.15, -0.1) is 0 Å². The first-order valence-corrected chi connectivity index (χ1v) is 7.41. The Labute approximate surface area is 150 Å². The van der Waals surface area contributed by atoms with Gasteiger partial charge in [0.15, 0.2) is 0 Å². The van der Waals surface area contributed by atoms with Gasteiger partial charge in [-0.05, 0) is 30.3 Å². The lowest BCUT2D eigenvalue weighted by molar-refractivity contribution is -0.385. The van der Waals surface area contributed by atoms with Crippen LogP contribution in [-0.2, 0) is 22.3 Å². The second-order valence-electron chi connectivity index (χ2n) is 5.07. The molecular weight excluding hydrogens is 379 g/mol. The Balaban J connectivity index is 2.30. The van der Waals surface area contributed by atoms with Crippen molar-refractivity contribution >= 4 is 23.3 Å². The molecule has 0 spiro atoms. The zero-order chi connectivity index (χ0) is 19.5. The fourth-order valence-electron chi connectivity index (χ4n) is 1.99. The van der Waals surface area contributed by atoms with Crippen molar-refractivity contribution in [1.29, 1.82) is 0 Å². The van der Waals surface area contributed by atoms with Gasteiger partial charge in [-0.1, -0.05) is 11.6 Å². The molecule has 0 atom stereocenters. The number of halogens is 4. The lowest BCUT2D eigenvalue weighted by Gasteiger charge is -2.12. The van der Waals surface area contributed by atoms with Crippen molar-refractivity contribution < 1.29 is 32.4 Å². The van der Waals surface area contributed by atoms with E-state index in [0.29, 0.717) is 6.07 Å². The minimum atomic E-state index is -4.55. The van der Waals surface area contributed by atoms with Crippen molar-refractivity contribution in [3.63, 3.8) is 0 Å². The zero-order valence-electron chi connectivity index (χ0n) is 13.2. The number of carbonyl (C=O) groups excluding carboxylic acids is 1. The Morgan fingerprint density at radius 2 is 1.92 bits per heavy atom. The van der Waals surface area contributed by atoms with E-state index in [9.17, 15) is 28.1 Å². The van der Waals surface area contributed by atoms with Crippen molar-refractivity contribution in [2.75, 3.05) is 0 Å². The van der Waals surface area contributed by atoms with Gasteiger partial charge in [0.25, 0.3) is 5.69 Å². The zero-order valence-corrected chi connectivity index (χ0v) is 13.9. The maximum atomic E-state index is 12.6. The van der Waals surface area contributed by atoms with Gasteiger partial charge < -0.3 is 9.47 Å². The maximum absolute atomic E-state index is 12.6. The van der Waals surface area contributed by atoms with Crippen LogP contribution in [0.2, 0.25) is 5.02 Å². The summed E-state index contributed by atoms with van der Waals surface area (Å²) in [6, 6.07) is 6.18. The Kier molecular flexibility index (Phi) is 5.71. The van der Waals surface area contributed by atoms with Crippen LogP contribution < -0.4 is 4.74 Å². The monoisotopic (exact) mass is 389 g/mol. The molecule has 0 amide bonds. The molecule has 2 aromatic carbocycles. The van der Waals surface area contributed by atoms with Crippen LogP contribution in [0.15, 0.2) is 36.4 Å². The molecule has 0 saturated carbocycles. The Hall–Kier alpha value is -2.81. The van der Waals surface area contributed by atoms with E-state index in [4.69, 9.17) is 21.1 Å². The summed E-state index contributed by atoms with van der Waals surface area (Å²) in [7, 11) is 0. The highest BCUT2D eigenvalue weighted by molar-refractivity contribution is 6.32. The number of rotatable bonds is 5. The third kappa shape index (κ3) is 4.85. The van der Waals surface area contributed by atoms with Gasteiger partial charge in [0.1, 0.15) is 18.1 Å². The Bertz CT molecular complexity index is 854. The van der Waals surface area contributed by atoms with E-state index in [0.717, 1.165) is 25.1 Å². The highest BCUT2D eigenvalue weighted by Gasteiger charge is 2.31. The summed E-state index contributed by atoms with van der Waals surface area (Å²) in [5.74, 6) is -0.609. The largest absolute Gasteiger partial charge is 0.461 e. The predicted octanol–water partition coefficient (Wildman–Crippen LogP) is 5.12. The maximum Gasteiger partial charge on any atom is 0.416 e. The van der Waals surface area contributed by atoms with E-state index in [1.54, 1.807) is 0 Å². The number of alkyl halides is 3. The number of nitrogens with zero attached hydrogens (tertiary/aromatic N) is 1. The van der Waals surface area contributed by atoms with Gasteiger partial charge in [0.2, 0.25) is 0 Å². The summed E-state index contributed by atoms with van der Waals surface area (Å²) in [4.78, 5) is 21.3. The minimum absolute atomic E-state index is 0.0609. The second-order valence-corrected chi connectivity index (χ2v) is 5.48. The van der Waals surface area contributed by atoms with Gasteiger partial charge in [-0.2, -0.15) is 13.2 Å². The minimum Gasteiger partial charge on any atom is -0.461 e. The third-order valence-electron chi connectivity index (χ3n) is 3.17. The molecule has 0 unspecified atom stereocenters. The van der Waals surface area contributed by atoms with Crippen LogP contribution >= 0.6 is 11.6 Å². The van der Waals surface area contributed by atoms with Gasteiger partial charge in [0.05, 0.1) is 21.1 Å². The van der Waals surface area contributed by atoms with Crippen molar-refractivity contribution in [2.45, 2.75) is 19.7 Å². The molecule has 0 radical (unpaired) electrons. The number of benzene rings is 2. The van der Waals surface area contributed by atoms with Crippen molar-refractivity contribution in [1.82, 2.24) is 0 Å². The number of hydrogen-bond donors (Lipinski definition) is 0. The predicted molar refractivity (Wildman–Crippen MR) is 85.1 cm³/mol. The fourth-order valence-corrected chi connectivity index (χ4v) is 2.20. The molecule has 0 bridgehead atoms. The molecule has 6 nitrogen and oxygen atoms in total. The number of nitro benzene ring substituents is 1. The molecule has 0 aliphatic heterocycles. The second kappa shape index (κ2) is 7.61. The van der Waals surface area contributed by atoms with E-state index in [-0.39, 0.29) is 34.4 Å². The van der Waals surface area contributed by atoms with Crippen LogP contribution in [0.5, 0.6) is 11.5 Å². The first-order chi connectivity index (χ1) is 12.1. The normalized spacial score (nSPS) is 11.1. The summed E-state index contributed by atoms with van der Waals surface area (Å²) in [5.41, 5.74) is -1.17. The van der Waals surface area contributed by atoms with E-state index < -0.39 is 22.6 Å². The number of carbonyl (C=O) groups is 1. The molecule has 2 rings (SSSR count). The topological polar surface area (TPSA) is 78.7 Å². The highest BCUT2D eigenvalue weighted by atomic mass is 35.5. The van der Waals surface area contributed by atoms with Gasteiger partial charge >= 0.3 is 12.1 Å². The van der Waals surface area contributed by atoms with Crippen molar-refractivity contribution in [3.05, 3.63) is 62.7 Å². The standard InChI is InChI=1S/C16H11ClF3NO5/c1-9(22)25-8-10-6-12(3-4-14(10)21(23)24)26-15-5-2-11(7-13(15)17)16(18,19)20/h2-7H,8H2,1H3. The summed E-state index contributed by atoms with van der Waals surface area (Å²) < 4.78 is 48.1. The summed E-state index contributed by atoms with van der Waals surface area (Å²) in [6.45, 7) is 0.789. The van der Waals surface area contributed by atoms with Crippen LogP contribution in [0.4, 0.5) is 18.9 Å². The van der Waals surface area contributed by atoms with Crippen LogP contribution in [-0.4, -0.2) is 10.9 Å². The molecule has 138 valence electrons. The highest BCUT2D eigenvalue weighted by Crippen LogP contribution is 2.37. The molecule has 0 saturated heterocycles. The summed E-state index contributed by atoms with van der Waals surface area (Å²) in [5, 5.41) is 10.7. The average Bonchev–Trinajstić information content (AvgIpc) is 2.53. The molecule has 10 heteroatoms. The first kappa shape index (κ1) is 19.5. The van der Waals surface area contributed by atoms with Gasteiger partial charge in [0, 0.05) is 13.0 Å². The smallest absolute Gasteiger partial charge is 0.416 e. The van der Waals surface area contributed by atoms with E-state index in [1.807, 2.05) is 0 Å². The molecule has 0 aliphatic carbocycles. The number of hydrogen-bond acceptors (Lipinski definition) is 5. The number of nitro groups is 1. The van der Waals surface area contributed by atoms with E-state index >= 15 is 0 Å². The lowest BCUT2D eigenvalue weighted by atomic mass is 10.1. The van der Waals surface area contributed by atoms with Crippen LogP contribution in [0.1, 0.15) is 18.1 Å². The first-order valence-electron chi connectivity index (χ1n) is 7.03. The van der Waals surface area contributed by atoms with E-state index in [1.165, 1.54) is 12.1 Å². The molecular formula is C16H11ClF3NO5. The Morgan fingerprint density at radius 1 is 1.23 bits per heavy atom. The fraction of sp³-hybridized carbons (Fsp3) is 0.188. The van der Waals surface area contributed by atoms with Gasteiger partial charge in [-0.3, -0.25) is 14.9 Å². The summed E-state index contributed by atoms with van der Waals surface area (Å²) in [6.07, 6.45) is -4.55.